The Bertz CT molecular complexity index is 537. The molecule has 3 rings (SSSR count). The highest BCUT2D eigenvalue weighted by molar-refractivity contribution is 5.94. The summed E-state index contributed by atoms with van der Waals surface area (Å²) < 4.78 is 0. The number of amides is 1. The van der Waals surface area contributed by atoms with Gasteiger partial charge in [0.15, 0.2) is 5.69 Å². The molecule has 2 heterocycles. The summed E-state index contributed by atoms with van der Waals surface area (Å²) in [7, 11) is 0. The minimum Gasteiger partial charge on any atom is -0.387 e. The lowest BCUT2D eigenvalue weighted by Gasteiger charge is -2.30. The van der Waals surface area contributed by atoms with Crippen LogP contribution in [0.2, 0.25) is 0 Å². The number of aromatic amines is 1. The van der Waals surface area contributed by atoms with Gasteiger partial charge >= 0.3 is 0 Å². The van der Waals surface area contributed by atoms with E-state index in [1.54, 1.807) is 4.90 Å². The van der Waals surface area contributed by atoms with Crippen LogP contribution in [-0.2, 0) is 12.8 Å². The highest BCUT2D eigenvalue weighted by atomic mass is 16.3. The van der Waals surface area contributed by atoms with E-state index in [4.69, 9.17) is 0 Å². The van der Waals surface area contributed by atoms with Gasteiger partial charge in [0.1, 0.15) is 0 Å². The van der Waals surface area contributed by atoms with Crippen LogP contribution in [-0.4, -0.2) is 44.8 Å². The van der Waals surface area contributed by atoms with Gasteiger partial charge in [-0.2, -0.15) is 5.10 Å². The third-order valence-electron chi connectivity index (χ3n) is 5.09. The summed E-state index contributed by atoms with van der Waals surface area (Å²) in [5.41, 5.74) is 1.98. The van der Waals surface area contributed by atoms with Crippen molar-refractivity contribution in [1.82, 2.24) is 15.1 Å². The normalized spacial score (nSPS) is 29.2. The van der Waals surface area contributed by atoms with Crippen LogP contribution in [0, 0.1) is 11.8 Å². The molecule has 0 bridgehead atoms. The standard InChI is InChI=1S/C15H23N3O2/c1-9(2)15(20)8-18(7-10(15)3)14(19)13-11-5-4-6-12(11)16-17-13/h9-10,20H,4-8H2,1-3H3,(H,16,17)/t10-,15-/m0/s1. The molecule has 0 unspecified atom stereocenters. The van der Waals surface area contributed by atoms with Crippen molar-refractivity contribution in [3.63, 3.8) is 0 Å². The summed E-state index contributed by atoms with van der Waals surface area (Å²) in [4.78, 5) is 14.4. The molecule has 0 saturated carbocycles. The number of hydrogen-bond donors (Lipinski definition) is 2. The molecule has 1 aliphatic heterocycles. The van der Waals surface area contributed by atoms with Crippen molar-refractivity contribution in [2.24, 2.45) is 11.8 Å². The van der Waals surface area contributed by atoms with E-state index in [1.807, 2.05) is 20.8 Å². The van der Waals surface area contributed by atoms with E-state index in [9.17, 15) is 9.90 Å². The summed E-state index contributed by atoms with van der Waals surface area (Å²) in [6, 6.07) is 0. The number of H-pyrrole nitrogens is 1. The van der Waals surface area contributed by atoms with Crippen molar-refractivity contribution in [1.29, 1.82) is 0 Å². The van der Waals surface area contributed by atoms with Crippen LogP contribution in [0.15, 0.2) is 0 Å². The van der Waals surface area contributed by atoms with Crippen molar-refractivity contribution in [2.45, 2.75) is 45.6 Å². The lowest BCUT2D eigenvalue weighted by atomic mass is 9.82. The molecule has 2 atom stereocenters. The second-order valence-electron chi connectivity index (χ2n) is 6.62. The maximum absolute atomic E-state index is 12.7. The number of aryl methyl sites for hydroxylation is 1. The SMILES string of the molecule is CC(C)[C@@]1(O)CN(C(=O)c2n[nH]c3c2CCC3)C[C@@H]1C. The molecule has 2 N–H and O–H groups in total. The first-order valence-corrected chi connectivity index (χ1v) is 7.51. The fraction of sp³-hybridized carbons (Fsp3) is 0.733. The topological polar surface area (TPSA) is 69.2 Å². The molecule has 0 radical (unpaired) electrons. The van der Waals surface area contributed by atoms with Crippen LogP contribution < -0.4 is 0 Å². The first kappa shape index (κ1) is 13.6. The number of carbonyl (C=O) groups excluding carboxylic acids is 1. The third kappa shape index (κ3) is 1.87. The lowest BCUT2D eigenvalue weighted by Crippen LogP contribution is -2.43. The molecule has 0 aromatic carbocycles. The number of fused-ring (bicyclic) bond motifs is 1. The summed E-state index contributed by atoms with van der Waals surface area (Å²) in [5, 5.41) is 17.9. The first-order valence-electron chi connectivity index (χ1n) is 7.51. The second-order valence-corrected chi connectivity index (χ2v) is 6.62. The van der Waals surface area contributed by atoms with E-state index in [0.717, 1.165) is 30.5 Å². The maximum Gasteiger partial charge on any atom is 0.274 e. The average Bonchev–Trinajstić information content (AvgIpc) is 3.04. The zero-order valence-electron chi connectivity index (χ0n) is 12.4. The van der Waals surface area contributed by atoms with E-state index in [0.29, 0.717) is 18.8 Å². The third-order valence-corrected chi connectivity index (χ3v) is 5.09. The zero-order valence-corrected chi connectivity index (χ0v) is 12.4. The number of carbonyl (C=O) groups is 1. The van der Waals surface area contributed by atoms with Gasteiger partial charge in [-0.3, -0.25) is 9.89 Å². The predicted octanol–water partition coefficient (Wildman–Crippen LogP) is 1.38. The van der Waals surface area contributed by atoms with Gasteiger partial charge < -0.3 is 10.0 Å². The van der Waals surface area contributed by atoms with Gasteiger partial charge in [-0.05, 0) is 25.2 Å². The van der Waals surface area contributed by atoms with E-state index < -0.39 is 5.60 Å². The van der Waals surface area contributed by atoms with Crippen molar-refractivity contribution in [3.8, 4) is 0 Å². The molecule has 110 valence electrons. The Balaban J connectivity index is 1.82. The smallest absolute Gasteiger partial charge is 0.274 e. The number of rotatable bonds is 2. The quantitative estimate of drug-likeness (QED) is 0.858. The molecule has 5 nitrogen and oxygen atoms in total. The molecule has 1 aromatic rings. The highest BCUT2D eigenvalue weighted by Crippen LogP contribution is 2.35. The molecule has 2 aliphatic rings. The number of β-amino-alcohol motifs (C(OH)–C–C–N with tert-alkyl or cyclic N) is 1. The Labute approximate surface area is 119 Å². The Kier molecular flexibility index (Phi) is 3.12. The van der Waals surface area contributed by atoms with Gasteiger partial charge in [-0.15, -0.1) is 0 Å². The van der Waals surface area contributed by atoms with Crippen LogP contribution >= 0.6 is 0 Å². The summed E-state index contributed by atoms with van der Waals surface area (Å²) >= 11 is 0. The Morgan fingerprint density at radius 1 is 1.50 bits per heavy atom. The number of likely N-dealkylation sites (tertiary alicyclic amines) is 1. The largest absolute Gasteiger partial charge is 0.387 e. The molecule has 20 heavy (non-hydrogen) atoms. The molecule has 1 aromatic heterocycles. The second kappa shape index (κ2) is 4.58. The Morgan fingerprint density at radius 3 is 2.90 bits per heavy atom. The highest BCUT2D eigenvalue weighted by Gasteiger charge is 2.47. The number of aromatic nitrogens is 2. The fourth-order valence-corrected chi connectivity index (χ4v) is 3.57. The van der Waals surface area contributed by atoms with Gasteiger partial charge in [0.05, 0.1) is 12.1 Å². The van der Waals surface area contributed by atoms with Crippen molar-refractivity contribution in [2.75, 3.05) is 13.1 Å². The fourth-order valence-electron chi connectivity index (χ4n) is 3.57. The molecule has 1 aliphatic carbocycles. The molecule has 5 heteroatoms. The van der Waals surface area contributed by atoms with Crippen molar-refractivity contribution in [3.05, 3.63) is 17.0 Å². The predicted molar refractivity (Wildman–Crippen MR) is 75.5 cm³/mol. The van der Waals surface area contributed by atoms with Gasteiger partial charge in [0.25, 0.3) is 5.91 Å². The van der Waals surface area contributed by atoms with Crippen molar-refractivity contribution < 1.29 is 9.90 Å². The van der Waals surface area contributed by atoms with Gasteiger partial charge in [0.2, 0.25) is 0 Å². The number of aliphatic hydroxyl groups is 1. The molecule has 1 amide bonds. The number of nitrogens with one attached hydrogen (secondary N) is 1. The van der Waals surface area contributed by atoms with Crippen LogP contribution in [0.4, 0.5) is 0 Å². The van der Waals surface area contributed by atoms with E-state index in [1.165, 1.54) is 0 Å². The average molecular weight is 277 g/mol. The van der Waals surface area contributed by atoms with Crippen LogP contribution in [0.5, 0.6) is 0 Å². The monoisotopic (exact) mass is 277 g/mol. The molecule has 0 spiro atoms. The van der Waals surface area contributed by atoms with Gasteiger partial charge in [-0.1, -0.05) is 20.8 Å². The Morgan fingerprint density at radius 2 is 2.25 bits per heavy atom. The minimum absolute atomic E-state index is 0.0344. The summed E-state index contributed by atoms with van der Waals surface area (Å²) in [5.74, 6) is 0.200. The van der Waals surface area contributed by atoms with Gasteiger partial charge in [-0.25, -0.2) is 0 Å². The lowest BCUT2D eigenvalue weighted by molar-refractivity contribution is -0.0244. The van der Waals surface area contributed by atoms with Crippen molar-refractivity contribution >= 4 is 5.91 Å². The minimum atomic E-state index is -0.783. The molecular formula is C15H23N3O2. The summed E-state index contributed by atoms with van der Waals surface area (Å²) in [6.07, 6.45) is 3.02. The first-order chi connectivity index (χ1) is 9.43. The van der Waals surface area contributed by atoms with E-state index >= 15 is 0 Å². The molecular weight excluding hydrogens is 254 g/mol. The van der Waals surface area contributed by atoms with E-state index in [-0.39, 0.29) is 17.7 Å². The van der Waals surface area contributed by atoms with Gasteiger partial charge in [0, 0.05) is 23.7 Å². The maximum atomic E-state index is 12.7. The van der Waals surface area contributed by atoms with Crippen LogP contribution in [0.3, 0.4) is 0 Å². The molecule has 1 fully saturated rings. The van der Waals surface area contributed by atoms with Crippen LogP contribution in [0.1, 0.15) is 48.9 Å². The number of nitrogens with zero attached hydrogens (tertiary/aromatic N) is 2. The van der Waals surface area contributed by atoms with E-state index in [2.05, 4.69) is 10.2 Å². The van der Waals surface area contributed by atoms with Crippen LogP contribution in [0.25, 0.3) is 0 Å². The number of hydrogen-bond acceptors (Lipinski definition) is 3. The zero-order chi connectivity index (χ0) is 14.5. The summed E-state index contributed by atoms with van der Waals surface area (Å²) in [6.45, 7) is 7.05. The molecule has 1 saturated heterocycles. The Hall–Kier alpha value is -1.36.